The number of nitrogens with one attached hydrogen (secondary N) is 1. The summed E-state index contributed by atoms with van der Waals surface area (Å²) in [5.74, 6) is 0. The average molecular weight is 368 g/mol. The number of rotatable bonds is 5. The first-order valence-electron chi connectivity index (χ1n) is 6.47. The summed E-state index contributed by atoms with van der Waals surface area (Å²) in [4.78, 5) is 0.0291. The van der Waals surface area contributed by atoms with Crippen molar-refractivity contribution in [2.24, 2.45) is 0 Å². The third-order valence-corrected chi connectivity index (χ3v) is 5.09. The first-order chi connectivity index (χ1) is 10.6. The zero-order chi connectivity index (χ0) is 17.3. The number of sulfonamides is 1. The van der Waals surface area contributed by atoms with Gasteiger partial charge in [-0.25, -0.2) is 13.1 Å². The van der Waals surface area contributed by atoms with Gasteiger partial charge >= 0.3 is 6.18 Å². The fourth-order valence-electron chi connectivity index (χ4n) is 1.89. The van der Waals surface area contributed by atoms with Gasteiger partial charge in [-0.1, -0.05) is 17.7 Å². The Morgan fingerprint density at radius 2 is 2.00 bits per heavy atom. The molecule has 0 aliphatic heterocycles. The summed E-state index contributed by atoms with van der Waals surface area (Å²) < 4.78 is 64.9. The molecule has 1 aromatic carbocycles. The van der Waals surface area contributed by atoms with Crippen LogP contribution in [0.3, 0.4) is 0 Å². The smallest absolute Gasteiger partial charge is 0.271 e. The summed E-state index contributed by atoms with van der Waals surface area (Å²) in [5, 5.41) is 3.66. The molecule has 2 aromatic rings. The highest BCUT2D eigenvalue weighted by molar-refractivity contribution is 7.89. The molecule has 23 heavy (non-hydrogen) atoms. The Hall–Kier alpha value is -1.58. The molecule has 0 amide bonds. The van der Waals surface area contributed by atoms with E-state index in [0.29, 0.717) is 10.6 Å². The first-order valence-corrected chi connectivity index (χ1v) is 8.33. The van der Waals surface area contributed by atoms with Crippen LogP contribution in [0.5, 0.6) is 0 Å². The predicted octanol–water partition coefficient (Wildman–Crippen LogP) is 2.84. The quantitative estimate of drug-likeness (QED) is 0.883. The number of hydrogen-bond acceptors (Lipinski definition) is 3. The van der Waals surface area contributed by atoms with Crippen molar-refractivity contribution in [1.82, 2.24) is 14.5 Å². The maximum Gasteiger partial charge on any atom is 0.435 e. The van der Waals surface area contributed by atoms with Gasteiger partial charge in [0.15, 0.2) is 5.69 Å². The molecule has 0 aliphatic rings. The Kier molecular flexibility index (Phi) is 5.02. The summed E-state index contributed by atoms with van der Waals surface area (Å²) >= 11 is 5.88. The van der Waals surface area contributed by atoms with Crippen molar-refractivity contribution in [1.29, 1.82) is 0 Å². The number of aromatic nitrogens is 2. The van der Waals surface area contributed by atoms with Crippen LogP contribution in [0.25, 0.3) is 0 Å². The van der Waals surface area contributed by atoms with Crippen LogP contribution in [0.1, 0.15) is 11.3 Å². The molecule has 0 radical (unpaired) electrons. The zero-order valence-corrected chi connectivity index (χ0v) is 13.5. The maximum atomic E-state index is 12.4. The van der Waals surface area contributed by atoms with E-state index in [0.717, 1.165) is 16.9 Å². The summed E-state index contributed by atoms with van der Waals surface area (Å²) in [7, 11) is -3.80. The Bertz CT molecular complexity index is 803. The van der Waals surface area contributed by atoms with Crippen molar-refractivity contribution < 1.29 is 21.6 Å². The lowest BCUT2D eigenvalue weighted by molar-refractivity contribution is -0.141. The van der Waals surface area contributed by atoms with Crippen LogP contribution < -0.4 is 4.72 Å². The molecule has 0 saturated carbocycles. The number of halogens is 4. The third kappa shape index (κ3) is 4.24. The molecule has 0 spiro atoms. The van der Waals surface area contributed by atoms with Crippen molar-refractivity contribution in [2.75, 3.05) is 6.54 Å². The lowest BCUT2D eigenvalue weighted by atomic mass is 10.2. The van der Waals surface area contributed by atoms with Gasteiger partial charge in [0, 0.05) is 17.8 Å². The summed E-state index contributed by atoms with van der Waals surface area (Å²) in [6.45, 7) is 1.43. The molecule has 2 rings (SSSR count). The highest BCUT2D eigenvalue weighted by Gasteiger charge is 2.33. The molecular weight excluding hydrogens is 355 g/mol. The van der Waals surface area contributed by atoms with Crippen LogP contribution >= 0.6 is 11.6 Å². The van der Waals surface area contributed by atoms with Crippen molar-refractivity contribution in [3.63, 3.8) is 0 Å². The second kappa shape index (κ2) is 6.50. The van der Waals surface area contributed by atoms with Crippen molar-refractivity contribution in [2.45, 2.75) is 24.5 Å². The Balaban J connectivity index is 2.03. The lowest BCUT2D eigenvalue weighted by Crippen LogP contribution is -2.28. The topological polar surface area (TPSA) is 64.0 Å². The van der Waals surface area contributed by atoms with Crippen molar-refractivity contribution in [3.05, 3.63) is 46.7 Å². The molecule has 0 unspecified atom stereocenters. The molecule has 1 aromatic heterocycles. The summed E-state index contributed by atoms with van der Waals surface area (Å²) in [5.41, 5.74) is -0.619. The van der Waals surface area contributed by atoms with Gasteiger partial charge in [-0.05, 0) is 30.7 Å². The summed E-state index contributed by atoms with van der Waals surface area (Å²) in [6.07, 6.45) is -3.38. The number of nitrogens with zero attached hydrogens (tertiary/aromatic N) is 2. The first kappa shape index (κ1) is 17.8. The maximum absolute atomic E-state index is 12.4. The fraction of sp³-hybridized carbons (Fsp3) is 0.308. The molecule has 5 nitrogen and oxygen atoms in total. The Labute approximate surface area is 136 Å². The molecule has 0 atom stereocenters. The van der Waals surface area contributed by atoms with Gasteiger partial charge in [0.05, 0.1) is 11.4 Å². The van der Waals surface area contributed by atoms with Gasteiger partial charge in [0.2, 0.25) is 10.0 Å². The van der Waals surface area contributed by atoms with E-state index in [1.165, 1.54) is 12.1 Å². The van der Waals surface area contributed by atoms with E-state index >= 15 is 0 Å². The monoisotopic (exact) mass is 367 g/mol. The second-order valence-corrected chi connectivity index (χ2v) is 6.87. The van der Waals surface area contributed by atoms with Gasteiger partial charge in [0.1, 0.15) is 0 Å². The van der Waals surface area contributed by atoms with Crippen LogP contribution in [0.2, 0.25) is 5.02 Å². The molecule has 10 heteroatoms. The fourth-order valence-corrected chi connectivity index (χ4v) is 3.41. The number of benzene rings is 1. The van der Waals surface area contributed by atoms with Crippen LogP contribution in [0.4, 0.5) is 13.2 Å². The minimum absolute atomic E-state index is 0.0291. The molecule has 0 fully saturated rings. The van der Waals surface area contributed by atoms with E-state index < -0.39 is 21.9 Å². The minimum Gasteiger partial charge on any atom is -0.271 e. The molecule has 0 bridgehead atoms. The Morgan fingerprint density at radius 3 is 2.61 bits per heavy atom. The van der Waals surface area contributed by atoms with Gasteiger partial charge < -0.3 is 0 Å². The summed E-state index contributed by atoms with van der Waals surface area (Å²) in [6, 6.07) is 5.31. The number of hydrogen-bond donors (Lipinski definition) is 1. The molecule has 126 valence electrons. The van der Waals surface area contributed by atoms with Gasteiger partial charge in [-0.2, -0.15) is 18.3 Å². The van der Waals surface area contributed by atoms with Gasteiger partial charge in [0.25, 0.3) is 0 Å². The molecule has 1 heterocycles. The van der Waals surface area contributed by atoms with Gasteiger partial charge in [-0.3, -0.25) is 4.68 Å². The predicted molar refractivity (Wildman–Crippen MR) is 78.6 cm³/mol. The molecule has 0 saturated heterocycles. The highest BCUT2D eigenvalue weighted by atomic mass is 35.5. The standard InChI is InChI=1S/C13H13ClF3N3O2S/c1-9-10(14)3-2-4-11(9)23(21,22)18-6-8-20-7-5-12(19-20)13(15,16)17/h2-5,7,18H,6,8H2,1H3. The van der Waals surface area contributed by atoms with Crippen LogP contribution in [-0.4, -0.2) is 24.7 Å². The van der Waals surface area contributed by atoms with E-state index in [1.807, 2.05) is 0 Å². The van der Waals surface area contributed by atoms with Crippen LogP contribution in [0, 0.1) is 6.92 Å². The van der Waals surface area contributed by atoms with Crippen molar-refractivity contribution >= 4 is 21.6 Å². The van der Waals surface area contributed by atoms with E-state index in [9.17, 15) is 21.6 Å². The SMILES string of the molecule is Cc1c(Cl)cccc1S(=O)(=O)NCCn1ccc(C(F)(F)F)n1. The van der Waals surface area contributed by atoms with Crippen LogP contribution in [-0.2, 0) is 22.7 Å². The van der Waals surface area contributed by atoms with Crippen LogP contribution in [0.15, 0.2) is 35.4 Å². The van der Waals surface area contributed by atoms with Crippen molar-refractivity contribution in [3.8, 4) is 0 Å². The molecule has 0 aliphatic carbocycles. The second-order valence-electron chi connectivity index (χ2n) is 4.72. The van der Waals surface area contributed by atoms with E-state index in [2.05, 4.69) is 9.82 Å². The number of alkyl halides is 3. The normalized spacial score (nSPS) is 12.6. The minimum atomic E-state index is -4.53. The highest BCUT2D eigenvalue weighted by Crippen LogP contribution is 2.27. The zero-order valence-electron chi connectivity index (χ0n) is 11.9. The Morgan fingerprint density at radius 1 is 1.30 bits per heavy atom. The molecular formula is C13H13ClF3N3O2S. The van der Waals surface area contributed by atoms with E-state index in [1.54, 1.807) is 13.0 Å². The lowest BCUT2D eigenvalue weighted by Gasteiger charge is -2.10. The largest absolute Gasteiger partial charge is 0.435 e. The third-order valence-electron chi connectivity index (χ3n) is 3.07. The average Bonchev–Trinajstić information content (AvgIpc) is 2.90. The van der Waals surface area contributed by atoms with E-state index in [-0.39, 0.29) is 18.0 Å². The van der Waals surface area contributed by atoms with E-state index in [4.69, 9.17) is 11.6 Å². The van der Waals surface area contributed by atoms with Gasteiger partial charge in [-0.15, -0.1) is 0 Å². The molecule has 1 N–H and O–H groups in total.